The van der Waals surface area contributed by atoms with Crippen molar-refractivity contribution >= 4 is 0 Å². The molecule has 2 N–H and O–H groups in total. The Kier molecular flexibility index (Phi) is 3.54. The lowest BCUT2D eigenvalue weighted by molar-refractivity contribution is 0.474. The van der Waals surface area contributed by atoms with Crippen LogP contribution in [0.5, 0.6) is 11.5 Å². The molecule has 0 spiro atoms. The third-order valence-electron chi connectivity index (χ3n) is 2.87. The molecule has 0 unspecified atom stereocenters. The minimum Gasteiger partial charge on any atom is -0.508 e. The van der Waals surface area contributed by atoms with E-state index in [1.165, 1.54) is 0 Å². The summed E-state index contributed by atoms with van der Waals surface area (Å²) in [7, 11) is 0. The van der Waals surface area contributed by atoms with E-state index in [1.54, 1.807) is 24.3 Å². The highest BCUT2D eigenvalue weighted by Gasteiger charge is 2.09. The van der Waals surface area contributed by atoms with Crippen LogP contribution >= 0.6 is 0 Å². The first-order valence-corrected chi connectivity index (χ1v) is 5.72. The maximum Gasteiger partial charge on any atom is 0.115 e. The van der Waals surface area contributed by atoms with Crippen molar-refractivity contribution in [1.29, 1.82) is 0 Å². The monoisotopic (exact) mass is 238 g/mol. The van der Waals surface area contributed by atoms with Crippen LogP contribution in [0.4, 0.5) is 0 Å². The number of benzene rings is 2. The van der Waals surface area contributed by atoms with Gasteiger partial charge in [-0.2, -0.15) is 0 Å². The fraction of sp³-hybridized carbons (Fsp3) is 0.125. The van der Waals surface area contributed by atoms with Gasteiger partial charge in [0.05, 0.1) is 0 Å². The second-order valence-electron chi connectivity index (χ2n) is 4.18. The quantitative estimate of drug-likeness (QED) is 0.807. The first-order chi connectivity index (χ1) is 8.69. The summed E-state index contributed by atoms with van der Waals surface area (Å²) in [5.41, 5.74) is 2.08. The number of phenols is 2. The third-order valence-corrected chi connectivity index (χ3v) is 2.87. The van der Waals surface area contributed by atoms with Crippen LogP contribution in [-0.2, 0) is 6.42 Å². The zero-order valence-electron chi connectivity index (χ0n) is 9.88. The first kappa shape index (κ1) is 12.1. The van der Waals surface area contributed by atoms with Gasteiger partial charge in [-0.15, -0.1) is 6.42 Å². The number of rotatable bonds is 3. The van der Waals surface area contributed by atoms with Gasteiger partial charge in [0.15, 0.2) is 0 Å². The van der Waals surface area contributed by atoms with Crippen LogP contribution in [0.3, 0.4) is 0 Å². The predicted molar refractivity (Wildman–Crippen MR) is 71.5 cm³/mol. The lowest BCUT2D eigenvalue weighted by Crippen LogP contribution is -2.00. The van der Waals surface area contributed by atoms with Gasteiger partial charge in [0.2, 0.25) is 0 Å². The summed E-state index contributed by atoms with van der Waals surface area (Å²) in [6.07, 6.45) is 6.27. The lowest BCUT2D eigenvalue weighted by atomic mass is 9.93. The van der Waals surface area contributed by atoms with Gasteiger partial charge in [0.25, 0.3) is 0 Å². The summed E-state index contributed by atoms with van der Waals surface area (Å²) in [5.74, 6) is 3.21. The molecule has 90 valence electrons. The van der Waals surface area contributed by atoms with Crippen molar-refractivity contribution in [1.82, 2.24) is 0 Å². The van der Waals surface area contributed by atoms with E-state index in [-0.39, 0.29) is 17.4 Å². The number of aromatic hydroxyl groups is 2. The molecule has 2 aromatic carbocycles. The SMILES string of the molecule is C#C[C@H](Cc1ccc(O)cc1)c1ccc(O)cc1. The van der Waals surface area contributed by atoms with Crippen LogP contribution in [-0.4, -0.2) is 10.2 Å². The van der Waals surface area contributed by atoms with Crippen molar-refractivity contribution in [2.45, 2.75) is 12.3 Å². The van der Waals surface area contributed by atoms with E-state index < -0.39 is 0 Å². The Labute approximate surface area is 107 Å². The van der Waals surface area contributed by atoms with Crippen molar-refractivity contribution in [2.75, 3.05) is 0 Å². The molecule has 2 nitrogen and oxygen atoms in total. The Morgan fingerprint density at radius 2 is 1.39 bits per heavy atom. The second kappa shape index (κ2) is 5.29. The standard InChI is InChI=1S/C16H14O2/c1-2-13(14-5-9-16(18)10-6-14)11-12-3-7-15(17)8-4-12/h1,3-10,13,17-18H,11H2/t13-/m1/s1. The van der Waals surface area contributed by atoms with E-state index in [4.69, 9.17) is 6.42 Å². The molecule has 0 aliphatic heterocycles. The first-order valence-electron chi connectivity index (χ1n) is 5.72. The molecule has 0 radical (unpaired) electrons. The summed E-state index contributed by atoms with van der Waals surface area (Å²) in [6, 6.07) is 14.0. The van der Waals surface area contributed by atoms with Crippen molar-refractivity contribution in [3.63, 3.8) is 0 Å². The van der Waals surface area contributed by atoms with Crippen LogP contribution in [0, 0.1) is 12.3 Å². The molecule has 0 fully saturated rings. The lowest BCUT2D eigenvalue weighted by Gasteiger charge is -2.11. The Morgan fingerprint density at radius 3 is 1.89 bits per heavy atom. The number of hydrogen-bond donors (Lipinski definition) is 2. The van der Waals surface area contributed by atoms with Crippen LogP contribution in [0.25, 0.3) is 0 Å². The van der Waals surface area contributed by atoms with Crippen LogP contribution in [0.2, 0.25) is 0 Å². The van der Waals surface area contributed by atoms with E-state index in [1.807, 2.05) is 24.3 Å². The highest BCUT2D eigenvalue weighted by atomic mass is 16.3. The smallest absolute Gasteiger partial charge is 0.115 e. The van der Waals surface area contributed by atoms with E-state index in [2.05, 4.69) is 5.92 Å². The molecule has 0 saturated heterocycles. The van der Waals surface area contributed by atoms with E-state index in [0.717, 1.165) is 11.1 Å². The number of terminal acetylenes is 1. The molecule has 0 aliphatic carbocycles. The van der Waals surface area contributed by atoms with Crippen molar-refractivity contribution in [3.8, 4) is 23.8 Å². The second-order valence-corrected chi connectivity index (χ2v) is 4.18. The van der Waals surface area contributed by atoms with Crippen molar-refractivity contribution < 1.29 is 10.2 Å². The highest BCUT2D eigenvalue weighted by molar-refractivity contribution is 5.35. The van der Waals surface area contributed by atoms with Gasteiger partial charge in [-0.3, -0.25) is 0 Å². The van der Waals surface area contributed by atoms with Gasteiger partial charge in [-0.05, 0) is 41.8 Å². The molecule has 0 saturated carbocycles. The van der Waals surface area contributed by atoms with Gasteiger partial charge in [0, 0.05) is 5.92 Å². The minimum absolute atomic E-state index is 0.0323. The van der Waals surface area contributed by atoms with Gasteiger partial charge < -0.3 is 10.2 Å². The maximum absolute atomic E-state index is 9.25. The van der Waals surface area contributed by atoms with Gasteiger partial charge >= 0.3 is 0 Å². The Hall–Kier alpha value is -2.40. The summed E-state index contributed by atoms with van der Waals surface area (Å²) in [6.45, 7) is 0. The molecule has 2 aromatic rings. The molecule has 0 amide bonds. The molecule has 2 heteroatoms. The average molecular weight is 238 g/mol. The van der Waals surface area contributed by atoms with Gasteiger partial charge in [0.1, 0.15) is 11.5 Å². The molecule has 0 bridgehead atoms. The zero-order valence-corrected chi connectivity index (χ0v) is 9.88. The van der Waals surface area contributed by atoms with Crippen molar-refractivity contribution in [2.24, 2.45) is 0 Å². The Morgan fingerprint density at radius 1 is 0.889 bits per heavy atom. The minimum atomic E-state index is -0.0323. The molecule has 0 heterocycles. The molecule has 2 rings (SSSR count). The summed E-state index contributed by atoms with van der Waals surface area (Å²) in [5, 5.41) is 18.5. The Balaban J connectivity index is 2.17. The maximum atomic E-state index is 9.25. The zero-order chi connectivity index (χ0) is 13.0. The molecule has 0 aliphatic rings. The molecular formula is C16H14O2. The molecule has 1 atom stereocenters. The fourth-order valence-corrected chi connectivity index (χ4v) is 1.85. The average Bonchev–Trinajstić information content (AvgIpc) is 2.39. The van der Waals surface area contributed by atoms with Crippen LogP contribution in [0.1, 0.15) is 17.0 Å². The van der Waals surface area contributed by atoms with E-state index >= 15 is 0 Å². The van der Waals surface area contributed by atoms with E-state index in [0.29, 0.717) is 6.42 Å². The topological polar surface area (TPSA) is 40.5 Å². The summed E-state index contributed by atoms with van der Waals surface area (Å²) in [4.78, 5) is 0. The fourth-order valence-electron chi connectivity index (χ4n) is 1.85. The largest absolute Gasteiger partial charge is 0.508 e. The number of hydrogen-bond acceptors (Lipinski definition) is 2. The number of phenolic OH excluding ortho intramolecular Hbond substituents is 2. The van der Waals surface area contributed by atoms with Crippen molar-refractivity contribution in [3.05, 3.63) is 59.7 Å². The Bertz CT molecular complexity index is 547. The van der Waals surface area contributed by atoms with Crippen LogP contribution < -0.4 is 0 Å². The summed E-state index contributed by atoms with van der Waals surface area (Å²) < 4.78 is 0. The summed E-state index contributed by atoms with van der Waals surface area (Å²) >= 11 is 0. The molecular weight excluding hydrogens is 224 g/mol. The van der Waals surface area contributed by atoms with E-state index in [9.17, 15) is 10.2 Å². The molecule has 18 heavy (non-hydrogen) atoms. The molecule has 0 aromatic heterocycles. The van der Waals surface area contributed by atoms with Gasteiger partial charge in [-0.1, -0.05) is 30.2 Å². The predicted octanol–water partition coefficient (Wildman–Crippen LogP) is 3.06. The normalized spacial score (nSPS) is 11.7. The third kappa shape index (κ3) is 2.83. The van der Waals surface area contributed by atoms with Gasteiger partial charge in [-0.25, -0.2) is 0 Å². The highest BCUT2D eigenvalue weighted by Crippen LogP contribution is 2.23. The van der Waals surface area contributed by atoms with Crippen LogP contribution in [0.15, 0.2) is 48.5 Å².